The van der Waals surface area contributed by atoms with Gasteiger partial charge in [-0.2, -0.15) is 0 Å². The molecule has 1 N–H and O–H groups in total. The average Bonchev–Trinajstić information content (AvgIpc) is 3.39. The Labute approximate surface area is 214 Å². The number of hydrogen-bond donors (Lipinski definition) is 1. The predicted molar refractivity (Wildman–Crippen MR) is 136 cm³/mol. The molecule has 37 heavy (non-hydrogen) atoms. The number of pyridine rings is 1. The van der Waals surface area contributed by atoms with Crippen molar-refractivity contribution in [1.82, 2.24) is 19.2 Å². The minimum atomic E-state index is -0.875. The number of ether oxygens (including phenoxy) is 3. The number of aliphatic hydroxyl groups excluding tert-OH is 1. The number of aliphatic hydroxyl groups is 1. The predicted octanol–water partition coefficient (Wildman–Crippen LogP) is 2.41. The van der Waals surface area contributed by atoms with Crippen molar-refractivity contribution in [1.29, 1.82) is 0 Å². The minimum absolute atomic E-state index is 0.00714. The van der Waals surface area contributed by atoms with Gasteiger partial charge in [0, 0.05) is 37.9 Å². The van der Waals surface area contributed by atoms with Crippen LogP contribution in [0.3, 0.4) is 0 Å². The molecule has 0 aliphatic carbocycles. The fourth-order valence-corrected chi connectivity index (χ4v) is 5.09. The van der Waals surface area contributed by atoms with E-state index in [-0.39, 0.29) is 11.3 Å². The SMILES string of the molecule is COc1ccc(OC)c([C@@H]2/C(=C(\O)c3c(C)nc4ccccn34)C(=O)C(=O)N2CCN2CCOCC2)c1. The fourth-order valence-electron chi connectivity index (χ4n) is 5.09. The second-order valence-electron chi connectivity index (χ2n) is 9.03. The van der Waals surface area contributed by atoms with Crippen molar-refractivity contribution in [3.05, 3.63) is 65.1 Å². The monoisotopic (exact) mass is 506 g/mol. The number of benzene rings is 1. The Balaban J connectivity index is 1.67. The van der Waals surface area contributed by atoms with Crippen LogP contribution in [0.15, 0.2) is 48.2 Å². The first-order valence-electron chi connectivity index (χ1n) is 12.2. The molecule has 2 aromatic heterocycles. The zero-order valence-corrected chi connectivity index (χ0v) is 21.1. The summed E-state index contributed by atoms with van der Waals surface area (Å²) in [6.45, 7) is 5.36. The molecule has 194 valence electrons. The molecule has 1 amide bonds. The van der Waals surface area contributed by atoms with Crippen LogP contribution >= 0.6 is 0 Å². The van der Waals surface area contributed by atoms with E-state index in [0.717, 1.165) is 13.1 Å². The second kappa shape index (κ2) is 10.2. The van der Waals surface area contributed by atoms with E-state index in [4.69, 9.17) is 14.2 Å². The van der Waals surface area contributed by atoms with Gasteiger partial charge in [0.2, 0.25) is 0 Å². The van der Waals surface area contributed by atoms with E-state index in [1.165, 1.54) is 12.0 Å². The number of amides is 1. The maximum Gasteiger partial charge on any atom is 0.295 e. The van der Waals surface area contributed by atoms with Gasteiger partial charge in [-0.25, -0.2) is 4.98 Å². The lowest BCUT2D eigenvalue weighted by Gasteiger charge is -2.31. The summed E-state index contributed by atoms with van der Waals surface area (Å²) in [4.78, 5) is 35.2. The van der Waals surface area contributed by atoms with Crippen molar-refractivity contribution in [2.24, 2.45) is 0 Å². The Morgan fingerprint density at radius 2 is 1.89 bits per heavy atom. The summed E-state index contributed by atoms with van der Waals surface area (Å²) in [5, 5.41) is 11.7. The van der Waals surface area contributed by atoms with E-state index in [1.807, 2.05) is 18.2 Å². The Hall–Kier alpha value is -3.89. The van der Waals surface area contributed by atoms with Crippen LogP contribution in [0.5, 0.6) is 11.5 Å². The van der Waals surface area contributed by atoms with Crippen LogP contribution in [0.1, 0.15) is 23.0 Å². The van der Waals surface area contributed by atoms with Gasteiger partial charge in [-0.1, -0.05) is 6.07 Å². The number of ketones is 1. The summed E-state index contributed by atoms with van der Waals surface area (Å²) in [7, 11) is 3.07. The Morgan fingerprint density at radius 3 is 2.62 bits per heavy atom. The maximum atomic E-state index is 13.5. The number of aryl methyl sites for hydroxylation is 1. The van der Waals surface area contributed by atoms with E-state index in [0.29, 0.717) is 60.4 Å². The van der Waals surface area contributed by atoms with Crippen LogP contribution in [-0.4, -0.2) is 89.6 Å². The minimum Gasteiger partial charge on any atom is -0.505 e. The number of imidazole rings is 1. The number of carbonyl (C=O) groups excluding carboxylic acids is 2. The Bertz CT molecular complexity index is 1370. The third-order valence-corrected chi connectivity index (χ3v) is 6.96. The van der Waals surface area contributed by atoms with Crippen LogP contribution in [0.4, 0.5) is 0 Å². The number of methoxy groups -OCH3 is 2. The molecule has 4 heterocycles. The van der Waals surface area contributed by atoms with E-state index < -0.39 is 17.7 Å². The average molecular weight is 507 g/mol. The van der Waals surface area contributed by atoms with Crippen LogP contribution in [-0.2, 0) is 14.3 Å². The highest BCUT2D eigenvalue weighted by Gasteiger charge is 2.47. The molecule has 0 radical (unpaired) electrons. The summed E-state index contributed by atoms with van der Waals surface area (Å²) in [5.41, 5.74) is 2.08. The summed E-state index contributed by atoms with van der Waals surface area (Å²) >= 11 is 0. The number of likely N-dealkylation sites (tertiary alicyclic amines) is 1. The van der Waals surface area contributed by atoms with E-state index in [1.54, 1.807) is 42.8 Å². The Kier molecular flexibility index (Phi) is 6.86. The number of fused-ring (bicyclic) bond motifs is 1. The molecule has 2 aliphatic heterocycles. The highest BCUT2D eigenvalue weighted by atomic mass is 16.5. The van der Waals surface area contributed by atoms with Crippen molar-refractivity contribution in [2.75, 3.05) is 53.6 Å². The molecular formula is C27H30N4O6. The van der Waals surface area contributed by atoms with Gasteiger partial charge in [-0.3, -0.25) is 18.9 Å². The van der Waals surface area contributed by atoms with E-state index >= 15 is 0 Å². The molecule has 0 unspecified atom stereocenters. The number of carbonyl (C=O) groups is 2. The summed E-state index contributed by atoms with van der Waals surface area (Å²) in [6, 6.07) is 9.82. The number of nitrogens with zero attached hydrogens (tertiary/aromatic N) is 4. The maximum absolute atomic E-state index is 13.5. The first kappa shape index (κ1) is 24.8. The molecule has 1 atom stereocenters. The van der Waals surface area contributed by atoms with Crippen LogP contribution in [0.25, 0.3) is 11.4 Å². The van der Waals surface area contributed by atoms with Crippen molar-refractivity contribution in [2.45, 2.75) is 13.0 Å². The van der Waals surface area contributed by atoms with E-state index in [9.17, 15) is 14.7 Å². The molecule has 2 aliphatic rings. The molecule has 3 aromatic rings. The zero-order valence-electron chi connectivity index (χ0n) is 21.1. The normalized spacial score (nSPS) is 20.1. The molecule has 5 rings (SSSR count). The molecule has 1 aromatic carbocycles. The summed E-state index contributed by atoms with van der Waals surface area (Å²) in [5.74, 6) is -0.681. The molecule has 2 saturated heterocycles. The Morgan fingerprint density at radius 1 is 1.11 bits per heavy atom. The zero-order chi connectivity index (χ0) is 26.1. The van der Waals surface area contributed by atoms with Crippen LogP contribution in [0.2, 0.25) is 0 Å². The molecular weight excluding hydrogens is 476 g/mol. The van der Waals surface area contributed by atoms with Gasteiger partial charge < -0.3 is 24.2 Å². The first-order chi connectivity index (χ1) is 17.9. The quantitative estimate of drug-likeness (QED) is 0.296. The molecule has 0 bridgehead atoms. The summed E-state index contributed by atoms with van der Waals surface area (Å²) in [6.07, 6.45) is 1.76. The van der Waals surface area contributed by atoms with Crippen molar-refractivity contribution >= 4 is 23.1 Å². The first-order valence-corrected chi connectivity index (χ1v) is 12.2. The fraction of sp³-hybridized carbons (Fsp3) is 0.370. The van der Waals surface area contributed by atoms with Crippen LogP contribution < -0.4 is 9.47 Å². The number of morpholine rings is 1. The van der Waals surface area contributed by atoms with Crippen molar-refractivity contribution < 1.29 is 28.9 Å². The van der Waals surface area contributed by atoms with Gasteiger partial charge in [-0.05, 0) is 37.3 Å². The smallest absolute Gasteiger partial charge is 0.295 e. The second-order valence-corrected chi connectivity index (χ2v) is 9.03. The molecule has 10 nitrogen and oxygen atoms in total. The molecule has 2 fully saturated rings. The lowest BCUT2D eigenvalue weighted by atomic mass is 9.95. The van der Waals surface area contributed by atoms with Crippen LogP contribution in [0, 0.1) is 6.92 Å². The molecule has 10 heteroatoms. The molecule has 0 saturated carbocycles. The lowest BCUT2D eigenvalue weighted by molar-refractivity contribution is -0.140. The number of aromatic nitrogens is 2. The highest BCUT2D eigenvalue weighted by molar-refractivity contribution is 6.46. The van der Waals surface area contributed by atoms with Gasteiger partial charge in [0.15, 0.2) is 5.76 Å². The van der Waals surface area contributed by atoms with Gasteiger partial charge >= 0.3 is 0 Å². The van der Waals surface area contributed by atoms with Gasteiger partial charge in [-0.15, -0.1) is 0 Å². The third kappa shape index (κ3) is 4.42. The van der Waals surface area contributed by atoms with Crippen molar-refractivity contribution in [3.63, 3.8) is 0 Å². The van der Waals surface area contributed by atoms with E-state index in [2.05, 4.69) is 9.88 Å². The molecule has 0 spiro atoms. The highest BCUT2D eigenvalue weighted by Crippen LogP contribution is 2.44. The van der Waals surface area contributed by atoms with Gasteiger partial charge in [0.05, 0.1) is 44.7 Å². The number of Topliss-reactive ketones (excluding diaryl/α,β-unsaturated/α-hetero) is 1. The van der Waals surface area contributed by atoms with Gasteiger partial charge in [0.25, 0.3) is 11.7 Å². The van der Waals surface area contributed by atoms with Crippen molar-refractivity contribution in [3.8, 4) is 11.5 Å². The largest absolute Gasteiger partial charge is 0.505 e. The summed E-state index contributed by atoms with van der Waals surface area (Å²) < 4.78 is 18.2. The van der Waals surface area contributed by atoms with Gasteiger partial charge in [0.1, 0.15) is 22.8 Å². The number of rotatable bonds is 7. The topological polar surface area (TPSA) is 106 Å². The lowest BCUT2D eigenvalue weighted by Crippen LogP contribution is -2.42. The number of hydrogen-bond acceptors (Lipinski definition) is 8. The third-order valence-electron chi connectivity index (χ3n) is 6.96. The standard InChI is InChI=1S/C27H30N4O6/c1-17-23(30-9-5-4-6-21(30)28-17)25(32)22-24(19-16-18(35-2)7-8-20(19)36-3)31(27(34)26(22)33)11-10-29-12-14-37-15-13-29/h4-9,16,24,32H,10-15H2,1-3H3/b25-22+/t24-/m1/s1.